The van der Waals surface area contributed by atoms with Crippen LogP contribution in [0.15, 0.2) is 48.9 Å². The van der Waals surface area contributed by atoms with Crippen LogP contribution in [0.25, 0.3) is 5.65 Å². The average Bonchev–Trinajstić information content (AvgIpc) is 2.89. The van der Waals surface area contributed by atoms with Crippen LogP contribution in [0, 0.1) is 0 Å². The number of anilines is 2. The highest BCUT2D eigenvalue weighted by atomic mass is 35.5. The maximum absolute atomic E-state index is 11.8. The van der Waals surface area contributed by atoms with Crippen LogP contribution >= 0.6 is 11.6 Å². The van der Waals surface area contributed by atoms with E-state index in [4.69, 9.17) is 11.6 Å². The Bertz CT molecular complexity index is 753. The molecule has 0 spiro atoms. The van der Waals surface area contributed by atoms with E-state index >= 15 is 0 Å². The largest absolute Gasteiger partial charge is 0.323 e. The minimum atomic E-state index is -0.334. The molecule has 0 aliphatic rings. The van der Waals surface area contributed by atoms with Gasteiger partial charge >= 0.3 is 6.03 Å². The molecule has 6 nitrogen and oxygen atoms in total. The van der Waals surface area contributed by atoms with Gasteiger partial charge in [-0.1, -0.05) is 11.6 Å². The van der Waals surface area contributed by atoms with Crippen molar-refractivity contribution in [3.8, 4) is 0 Å². The van der Waals surface area contributed by atoms with Gasteiger partial charge in [-0.2, -0.15) is 0 Å². The number of hydrogen-bond acceptors (Lipinski definition) is 3. The van der Waals surface area contributed by atoms with E-state index < -0.39 is 0 Å². The summed E-state index contributed by atoms with van der Waals surface area (Å²) >= 11 is 5.78. The average molecular weight is 288 g/mol. The lowest BCUT2D eigenvalue weighted by atomic mass is 10.3. The molecule has 3 aromatic rings. The molecule has 20 heavy (non-hydrogen) atoms. The van der Waals surface area contributed by atoms with Crippen molar-refractivity contribution in [2.75, 3.05) is 10.6 Å². The van der Waals surface area contributed by atoms with Crippen LogP contribution in [0.2, 0.25) is 5.02 Å². The van der Waals surface area contributed by atoms with Crippen molar-refractivity contribution < 1.29 is 4.79 Å². The molecule has 0 saturated heterocycles. The molecular weight excluding hydrogens is 278 g/mol. The molecule has 1 aromatic carbocycles. The lowest BCUT2D eigenvalue weighted by molar-refractivity contribution is 0.262. The number of amides is 2. The van der Waals surface area contributed by atoms with E-state index in [0.717, 1.165) is 0 Å². The first-order valence-corrected chi connectivity index (χ1v) is 6.21. The first-order chi connectivity index (χ1) is 9.70. The van der Waals surface area contributed by atoms with Crippen molar-refractivity contribution >= 4 is 34.7 Å². The lowest BCUT2D eigenvalue weighted by Crippen LogP contribution is -2.19. The molecular formula is C13H10ClN5O. The fraction of sp³-hybridized carbons (Fsp3) is 0. The van der Waals surface area contributed by atoms with Crippen molar-refractivity contribution in [2.24, 2.45) is 0 Å². The Balaban J connectivity index is 1.70. The molecule has 0 radical (unpaired) electrons. The molecule has 100 valence electrons. The van der Waals surface area contributed by atoms with Gasteiger partial charge in [0.05, 0.1) is 5.69 Å². The maximum atomic E-state index is 11.8. The molecule has 0 bridgehead atoms. The molecule has 0 saturated carbocycles. The third-order valence-electron chi connectivity index (χ3n) is 2.65. The Morgan fingerprint density at radius 3 is 2.55 bits per heavy atom. The summed E-state index contributed by atoms with van der Waals surface area (Å²) in [6, 6.07) is 10.1. The number of carbonyl (C=O) groups excluding carboxylic acids is 1. The van der Waals surface area contributed by atoms with Gasteiger partial charge in [-0.3, -0.25) is 4.40 Å². The minimum Gasteiger partial charge on any atom is -0.308 e. The number of fused-ring (bicyclic) bond motifs is 1. The molecule has 2 heterocycles. The number of carbonyl (C=O) groups is 1. The summed E-state index contributed by atoms with van der Waals surface area (Å²) in [5.41, 5.74) is 2.02. The van der Waals surface area contributed by atoms with Crippen molar-refractivity contribution in [3.63, 3.8) is 0 Å². The van der Waals surface area contributed by atoms with Crippen LogP contribution in [-0.2, 0) is 0 Å². The second kappa shape index (κ2) is 5.18. The van der Waals surface area contributed by atoms with Gasteiger partial charge in [0, 0.05) is 16.9 Å². The number of halogens is 1. The Morgan fingerprint density at radius 2 is 1.75 bits per heavy atom. The van der Waals surface area contributed by atoms with E-state index in [2.05, 4.69) is 20.8 Å². The van der Waals surface area contributed by atoms with E-state index in [1.165, 1.54) is 0 Å². The van der Waals surface area contributed by atoms with Gasteiger partial charge in [-0.25, -0.2) is 4.79 Å². The molecule has 0 aliphatic heterocycles. The Labute approximate surface area is 119 Å². The summed E-state index contributed by atoms with van der Waals surface area (Å²) < 4.78 is 1.72. The number of hydrogen-bond donors (Lipinski definition) is 2. The van der Waals surface area contributed by atoms with Gasteiger partial charge in [0.25, 0.3) is 0 Å². The normalized spacial score (nSPS) is 10.4. The second-order valence-electron chi connectivity index (χ2n) is 4.10. The number of aromatic nitrogens is 3. The van der Waals surface area contributed by atoms with E-state index in [-0.39, 0.29) is 6.03 Å². The quantitative estimate of drug-likeness (QED) is 0.761. The molecule has 0 fully saturated rings. The van der Waals surface area contributed by atoms with Crippen molar-refractivity contribution in [2.45, 2.75) is 0 Å². The number of benzene rings is 1. The summed E-state index contributed by atoms with van der Waals surface area (Å²) in [6.45, 7) is 0. The zero-order chi connectivity index (χ0) is 13.9. The van der Waals surface area contributed by atoms with Crippen LogP contribution in [-0.4, -0.2) is 20.6 Å². The first kappa shape index (κ1) is 12.4. The van der Waals surface area contributed by atoms with E-state index in [0.29, 0.717) is 22.0 Å². The maximum Gasteiger partial charge on any atom is 0.323 e. The fourth-order valence-electron chi connectivity index (χ4n) is 1.73. The molecule has 0 unspecified atom stereocenters. The SMILES string of the molecule is O=C(Nc1ccc(Cl)cc1)Nc1ccc2nncn2c1. The number of rotatable bonds is 2. The predicted molar refractivity (Wildman–Crippen MR) is 77.1 cm³/mol. The monoisotopic (exact) mass is 287 g/mol. The second-order valence-corrected chi connectivity index (χ2v) is 4.54. The van der Waals surface area contributed by atoms with Gasteiger partial charge in [0.2, 0.25) is 0 Å². The summed E-state index contributed by atoms with van der Waals surface area (Å²) in [7, 11) is 0. The molecule has 0 aliphatic carbocycles. The number of pyridine rings is 1. The van der Waals surface area contributed by atoms with Crippen LogP contribution < -0.4 is 10.6 Å². The Kier molecular flexibility index (Phi) is 3.22. The first-order valence-electron chi connectivity index (χ1n) is 5.84. The van der Waals surface area contributed by atoms with Crippen LogP contribution in [0.3, 0.4) is 0 Å². The lowest BCUT2D eigenvalue weighted by Gasteiger charge is -2.07. The van der Waals surface area contributed by atoms with Gasteiger partial charge in [0.1, 0.15) is 6.33 Å². The highest BCUT2D eigenvalue weighted by Crippen LogP contribution is 2.14. The highest BCUT2D eigenvalue weighted by Gasteiger charge is 2.04. The fourth-order valence-corrected chi connectivity index (χ4v) is 1.85. The van der Waals surface area contributed by atoms with Crippen LogP contribution in [0.5, 0.6) is 0 Å². The molecule has 0 atom stereocenters. The highest BCUT2D eigenvalue weighted by molar-refractivity contribution is 6.30. The smallest absolute Gasteiger partial charge is 0.308 e. The number of urea groups is 1. The van der Waals surface area contributed by atoms with E-state index in [9.17, 15) is 4.79 Å². The van der Waals surface area contributed by atoms with Gasteiger partial charge in [0.15, 0.2) is 5.65 Å². The molecule has 2 aromatic heterocycles. The third-order valence-corrected chi connectivity index (χ3v) is 2.90. The van der Waals surface area contributed by atoms with Crippen LogP contribution in [0.1, 0.15) is 0 Å². The molecule has 2 N–H and O–H groups in total. The molecule has 2 amide bonds. The topological polar surface area (TPSA) is 71.3 Å². The number of nitrogens with one attached hydrogen (secondary N) is 2. The van der Waals surface area contributed by atoms with E-state index in [1.807, 2.05) is 0 Å². The summed E-state index contributed by atoms with van der Waals surface area (Å²) in [5, 5.41) is 13.7. The summed E-state index contributed by atoms with van der Waals surface area (Å²) in [5.74, 6) is 0. The van der Waals surface area contributed by atoms with Crippen molar-refractivity contribution in [1.82, 2.24) is 14.6 Å². The van der Waals surface area contributed by atoms with Gasteiger partial charge in [-0.05, 0) is 36.4 Å². The van der Waals surface area contributed by atoms with Gasteiger partial charge < -0.3 is 10.6 Å². The van der Waals surface area contributed by atoms with Crippen molar-refractivity contribution in [3.05, 3.63) is 53.9 Å². The standard InChI is InChI=1S/C13H10ClN5O/c14-9-1-3-10(4-2-9)16-13(20)17-11-5-6-12-18-15-8-19(12)7-11/h1-8H,(H2,16,17,20). The minimum absolute atomic E-state index is 0.334. The summed E-state index contributed by atoms with van der Waals surface area (Å²) in [6.07, 6.45) is 3.30. The third kappa shape index (κ3) is 2.70. The van der Waals surface area contributed by atoms with Crippen LogP contribution in [0.4, 0.5) is 16.2 Å². The zero-order valence-electron chi connectivity index (χ0n) is 10.2. The molecule has 3 rings (SSSR count). The van der Waals surface area contributed by atoms with E-state index in [1.54, 1.807) is 53.3 Å². The zero-order valence-corrected chi connectivity index (χ0v) is 11.0. The van der Waals surface area contributed by atoms with Gasteiger partial charge in [-0.15, -0.1) is 10.2 Å². The predicted octanol–water partition coefficient (Wildman–Crippen LogP) is 3.03. The Hall–Kier alpha value is -2.60. The summed E-state index contributed by atoms with van der Waals surface area (Å²) in [4.78, 5) is 11.8. The van der Waals surface area contributed by atoms with Crippen molar-refractivity contribution in [1.29, 1.82) is 0 Å². The molecule has 7 heteroatoms. The number of nitrogens with zero attached hydrogens (tertiary/aromatic N) is 3. The Morgan fingerprint density at radius 1 is 1.05 bits per heavy atom.